The SMILES string of the molecule is Nc1cc(-c2ccc(I)cc2)c(C2=CCC=C2)cc1F. The summed E-state index contributed by atoms with van der Waals surface area (Å²) in [6.07, 6.45) is 7.09. The Hall–Kier alpha value is -1.62. The first-order valence-corrected chi connectivity index (χ1v) is 7.45. The molecule has 2 N–H and O–H groups in total. The zero-order valence-corrected chi connectivity index (χ0v) is 12.9. The highest BCUT2D eigenvalue weighted by Crippen LogP contribution is 2.34. The van der Waals surface area contributed by atoms with Crippen LogP contribution in [0.4, 0.5) is 10.1 Å². The lowest BCUT2D eigenvalue weighted by molar-refractivity contribution is 0.632. The van der Waals surface area contributed by atoms with Gasteiger partial charge in [0.25, 0.3) is 0 Å². The number of nitrogen functional groups attached to an aromatic ring is 1. The molecule has 0 radical (unpaired) electrons. The van der Waals surface area contributed by atoms with Crippen LogP contribution in [0.15, 0.2) is 54.6 Å². The van der Waals surface area contributed by atoms with Crippen molar-refractivity contribution >= 4 is 33.9 Å². The summed E-state index contributed by atoms with van der Waals surface area (Å²) in [7, 11) is 0. The van der Waals surface area contributed by atoms with Crippen LogP contribution in [0.2, 0.25) is 0 Å². The van der Waals surface area contributed by atoms with Crippen molar-refractivity contribution in [3.05, 3.63) is 69.6 Å². The van der Waals surface area contributed by atoms with E-state index in [-0.39, 0.29) is 11.5 Å². The molecule has 0 saturated heterocycles. The van der Waals surface area contributed by atoms with Gasteiger partial charge in [0.15, 0.2) is 0 Å². The topological polar surface area (TPSA) is 26.0 Å². The second kappa shape index (κ2) is 5.40. The van der Waals surface area contributed by atoms with Gasteiger partial charge in [0.05, 0.1) is 5.69 Å². The van der Waals surface area contributed by atoms with Gasteiger partial charge in [-0.2, -0.15) is 0 Å². The molecular formula is C17H13FIN. The molecule has 0 amide bonds. The monoisotopic (exact) mass is 377 g/mol. The molecule has 0 fully saturated rings. The van der Waals surface area contributed by atoms with E-state index in [0.29, 0.717) is 0 Å². The molecule has 0 aliphatic heterocycles. The summed E-state index contributed by atoms with van der Waals surface area (Å²) in [5, 5.41) is 0. The largest absolute Gasteiger partial charge is 0.396 e. The minimum Gasteiger partial charge on any atom is -0.396 e. The van der Waals surface area contributed by atoms with Gasteiger partial charge in [0, 0.05) is 3.57 Å². The standard InChI is InChI=1S/C17H13FIN/c18-16-9-14(11-3-1-2-4-11)15(10-17(16)20)12-5-7-13(19)8-6-12/h1,3-10H,2,20H2. The Morgan fingerprint density at radius 3 is 2.45 bits per heavy atom. The van der Waals surface area contributed by atoms with Gasteiger partial charge in [-0.25, -0.2) is 4.39 Å². The second-order valence-electron chi connectivity index (χ2n) is 4.72. The van der Waals surface area contributed by atoms with Crippen LogP contribution in [-0.4, -0.2) is 0 Å². The summed E-state index contributed by atoms with van der Waals surface area (Å²) in [5.41, 5.74) is 9.89. The molecule has 0 heterocycles. The summed E-state index contributed by atoms with van der Waals surface area (Å²) < 4.78 is 15.0. The van der Waals surface area contributed by atoms with Gasteiger partial charge >= 0.3 is 0 Å². The predicted molar refractivity (Wildman–Crippen MR) is 90.7 cm³/mol. The average molecular weight is 377 g/mol. The minimum absolute atomic E-state index is 0.185. The van der Waals surface area contributed by atoms with E-state index >= 15 is 0 Å². The number of rotatable bonds is 2. The molecule has 0 bridgehead atoms. The Morgan fingerprint density at radius 1 is 1.05 bits per heavy atom. The molecule has 3 rings (SSSR count). The molecule has 0 aromatic heterocycles. The fraction of sp³-hybridized carbons (Fsp3) is 0.0588. The molecule has 0 atom stereocenters. The molecule has 2 aromatic carbocycles. The summed E-state index contributed by atoms with van der Waals surface area (Å²) in [6.45, 7) is 0. The second-order valence-corrected chi connectivity index (χ2v) is 5.97. The smallest absolute Gasteiger partial charge is 0.146 e. The van der Waals surface area contributed by atoms with Crippen molar-refractivity contribution in [1.82, 2.24) is 0 Å². The van der Waals surface area contributed by atoms with Crippen LogP contribution < -0.4 is 5.73 Å². The Labute approximate surface area is 131 Å². The van der Waals surface area contributed by atoms with Crippen LogP contribution in [0.25, 0.3) is 16.7 Å². The zero-order chi connectivity index (χ0) is 14.1. The number of hydrogen-bond acceptors (Lipinski definition) is 1. The van der Waals surface area contributed by atoms with Gasteiger partial charge in [-0.3, -0.25) is 0 Å². The first-order chi connectivity index (χ1) is 9.65. The summed E-state index contributed by atoms with van der Waals surface area (Å²) >= 11 is 2.27. The van der Waals surface area contributed by atoms with Crippen molar-refractivity contribution in [1.29, 1.82) is 0 Å². The maximum absolute atomic E-state index is 13.8. The highest BCUT2D eigenvalue weighted by Gasteiger charge is 2.13. The number of halogens is 2. The first kappa shape index (κ1) is 13.4. The van der Waals surface area contributed by atoms with Crippen LogP contribution in [0.5, 0.6) is 0 Å². The average Bonchev–Trinajstić information content (AvgIpc) is 2.96. The lowest BCUT2D eigenvalue weighted by Crippen LogP contribution is -1.96. The highest BCUT2D eigenvalue weighted by atomic mass is 127. The number of allylic oxidation sites excluding steroid dienone is 4. The van der Waals surface area contributed by atoms with E-state index in [0.717, 1.165) is 28.7 Å². The van der Waals surface area contributed by atoms with Crippen molar-refractivity contribution in [2.75, 3.05) is 5.73 Å². The molecule has 0 spiro atoms. The minimum atomic E-state index is -0.365. The van der Waals surface area contributed by atoms with E-state index in [1.165, 1.54) is 9.64 Å². The molecule has 3 heteroatoms. The quantitative estimate of drug-likeness (QED) is 0.577. The van der Waals surface area contributed by atoms with E-state index < -0.39 is 0 Å². The summed E-state index contributed by atoms with van der Waals surface area (Å²) in [4.78, 5) is 0. The van der Waals surface area contributed by atoms with Crippen LogP contribution in [0.3, 0.4) is 0 Å². The lowest BCUT2D eigenvalue weighted by atomic mass is 9.94. The van der Waals surface area contributed by atoms with E-state index in [4.69, 9.17) is 5.73 Å². The Morgan fingerprint density at radius 2 is 1.80 bits per heavy atom. The number of hydrogen-bond donors (Lipinski definition) is 1. The van der Waals surface area contributed by atoms with Gasteiger partial charge in [-0.05, 0) is 75.5 Å². The number of benzene rings is 2. The fourth-order valence-corrected chi connectivity index (χ4v) is 2.71. The van der Waals surface area contributed by atoms with E-state index in [9.17, 15) is 4.39 Å². The predicted octanol–water partition coefficient (Wildman–Crippen LogP) is 5.02. The third-order valence-corrected chi connectivity index (χ3v) is 4.09. The third-order valence-electron chi connectivity index (χ3n) is 3.37. The fourth-order valence-electron chi connectivity index (χ4n) is 2.35. The summed E-state index contributed by atoms with van der Waals surface area (Å²) in [5.74, 6) is -0.365. The molecule has 20 heavy (non-hydrogen) atoms. The normalized spacial score (nSPS) is 13.6. The maximum atomic E-state index is 13.8. The Kier molecular flexibility index (Phi) is 3.61. The van der Waals surface area contributed by atoms with Crippen molar-refractivity contribution in [2.24, 2.45) is 0 Å². The molecule has 1 aliphatic rings. The van der Waals surface area contributed by atoms with Crippen LogP contribution in [0, 0.1) is 9.39 Å². The molecular weight excluding hydrogens is 364 g/mol. The molecule has 1 nitrogen and oxygen atoms in total. The number of anilines is 1. The first-order valence-electron chi connectivity index (χ1n) is 6.37. The molecule has 0 saturated carbocycles. The van der Waals surface area contributed by atoms with Gasteiger partial charge in [0.1, 0.15) is 5.82 Å². The van der Waals surface area contributed by atoms with E-state index in [1.807, 2.05) is 30.3 Å². The van der Waals surface area contributed by atoms with Crippen molar-refractivity contribution < 1.29 is 4.39 Å². The van der Waals surface area contributed by atoms with Gasteiger partial charge in [0.2, 0.25) is 0 Å². The highest BCUT2D eigenvalue weighted by molar-refractivity contribution is 14.1. The van der Waals surface area contributed by atoms with Gasteiger partial charge < -0.3 is 5.73 Å². The Bertz CT molecular complexity index is 715. The molecule has 2 aromatic rings. The van der Waals surface area contributed by atoms with Gasteiger partial charge in [-0.1, -0.05) is 30.4 Å². The van der Waals surface area contributed by atoms with Crippen molar-refractivity contribution in [3.8, 4) is 11.1 Å². The van der Waals surface area contributed by atoms with Crippen molar-refractivity contribution in [3.63, 3.8) is 0 Å². The molecule has 0 unspecified atom stereocenters. The van der Waals surface area contributed by atoms with Crippen LogP contribution >= 0.6 is 22.6 Å². The number of nitrogens with two attached hydrogens (primary N) is 1. The van der Waals surface area contributed by atoms with E-state index in [2.05, 4.69) is 34.7 Å². The van der Waals surface area contributed by atoms with Crippen molar-refractivity contribution in [2.45, 2.75) is 6.42 Å². The summed E-state index contributed by atoms with van der Waals surface area (Å²) in [6, 6.07) is 11.4. The lowest BCUT2D eigenvalue weighted by Gasteiger charge is -2.12. The van der Waals surface area contributed by atoms with Crippen LogP contribution in [0.1, 0.15) is 12.0 Å². The van der Waals surface area contributed by atoms with E-state index in [1.54, 1.807) is 6.07 Å². The third kappa shape index (κ3) is 2.50. The Balaban J connectivity index is 2.20. The maximum Gasteiger partial charge on any atom is 0.146 e. The zero-order valence-electron chi connectivity index (χ0n) is 10.7. The van der Waals surface area contributed by atoms with Crippen LogP contribution in [-0.2, 0) is 0 Å². The molecule has 100 valence electrons. The molecule has 1 aliphatic carbocycles. The van der Waals surface area contributed by atoms with Gasteiger partial charge in [-0.15, -0.1) is 0 Å².